The number of anilines is 1. The number of hydrogen-bond acceptors (Lipinski definition) is 6. The molecular weight excluding hydrogens is 534 g/mol. The summed E-state index contributed by atoms with van der Waals surface area (Å²) >= 11 is 0. The number of carbonyl (C=O) groups excluding carboxylic acids is 3. The zero-order chi connectivity index (χ0) is 30.2. The number of nitrogens with zero attached hydrogens (tertiary/aromatic N) is 1. The average Bonchev–Trinajstić information content (AvgIpc) is 3.48. The van der Waals surface area contributed by atoms with Crippen LogP contribution in [0.25, 0.3) is 0 Å². The Hall–Kier alpha value is -3.43. The van der Waals surface area contributed by atoms with Gasteiger partial charge in [0, 0.05) is 11.7 Å². The molecule has 3 aliphatic rings. The Labute approximate surface area is 248 Å². The summed E-state index contributed by atoms with van der Waals surface area (Å²) < 4.78 is 12.3. The van der Waals surface area contributed by atoms with Crippen molar-refractivity contribution in [1.29, 1.82) is 0 Å². The van der Waals surface area contributed by atoms with Gasteiger partial charge in [-0.25, -0.2) is 0 Å². The lowest BCUT2D eigenvalue weighted by Crippen LogP contribution is -2.57. The molecule has 2 aromatic rings. The maximum atomic E-state index is 14.6. The van der Waals surface area contributed by atoms with Gasteiger partial charge in [-0.2, -0.15) is 0 Å². The van der Waals surface area contributed by atoms with Crippen molar-refractivity contribution in [1.82, 2.24) is 10.2 Å². The summed E-state index contributed by atoms with van der Waals surface area (Å²) in [4.78, 5) is 44.3. The van der Waals surface area contributed by atoms with Gasteiger partial charge in [0.05, 0.1) is 36.7 Å². The highest BCUT2D eigenvalue weighted by Gasteiger charge is 2.80. The minimum absolute atomic E-state index is 0.0924. The molecule has 3 heterocycles. The fourth-order valence-corrected chi connectivity index (χ4v) is 7.59. The zero-order valence-corrected chi connectivity index (χ0v) is 25.1. The molecule has 226 valence electrons. The first-order chi connectivity index (χ1) is 20.1. The van der Waals surface area contributed by atoms with Crippen LogP contribution < -0.4 is 15.4 Å². The molecule has 8 atom stereocenters. The van der Waals surface area contributed by atoms with Crippen LogP contribution in [0.1, 0.15) is 65.5 Å². The third kappa shape index (κ3) is 4.86. The van der Waals surface area contributed by atoms with E-state index in [1.807, 2.05) is 58.0 Å². The third-order valence-electron chi connectivity index (χ3n) is 9.52. The SMILES string of the molecule is CCCC(C)NC(=O)C1N([C@H](CO)c2ccccc2)C(=O)[C@@H]2[C@H](C(=O)Nc3ccc(OCC)cc3)[C@@]3(C)OC12CC3C. The van der Waals surface area contributed by atoms with E-state index in [1.165, 1.54) is 4.90 Å². The highest BCUT2D eigenvalue weighted by atomic mass is 16.5. The van der Waals surface area contributed by atoms with Gasteiger partial charge in [-0.05, 0) is 69.4 Å². The molecule has 2 aromatic carbocycles. The summed E-state index contributed by atoms with van der Waals surface area (Å²) in [7, 11) is 0. The van der Waals surface area contributed by atoms with Gasteiger partial charge in [-0.1, -0.05) is 50.6 Å². The van der Waals surface area contributed by atoms with Crippen molar-refractivity contribution in [2.75, 3.05) is 18.5 Å². The van der Waals surface area contributed by atoms with Crippen molar-refractivity contribution in [2.45, 2.75) is 83.2 Å². The van der Waals surface area contributed by atoms with E-state index in [4.69, 9.17) is 9.47 Å². The van der Waals surface area contributed by atoms with Crippen LogP contribution in [0.15, 0.2) is 54.6 Å². The van der Waals surface area contributed by atoms with Crippen molar-refractivity contribution in [3.05, 3.63) is 60.2 Å². The Kier molecular flexibility index (Phi) is 8.36. The molecule has 3 saturated heterocycles. The molecule has 9 heteroatoms. The Balaban J connectivity index is 1.55. The molecule has 3 amide bonds. The molecule has 1 spiro atoms. The monoisotopic (exact) mass is 577 g/mol. The number of amides is 3. The summed E-state index contributed by atoms with van der Waals surface area (Å²) in [5.74, 6) is -2.09. The smallest absolute Gasteiger partial charge is 0.246 e. The second kappa shape index (κ2) is 11.7. The molecule has 9 nitrogen and oxygen atoms in total. The zero-order valence-electron chi connectivity index (χ0n) is 25.1. The standard InChI is InChI=1S/C33H43N3O6/c1-6-11-21(4)34-30(39)28-33-18-20(3)32(5,42-33)26(29(38)35-23-14-16-24(17-15-23)41-7-2)27(33)31(40)36(28)25(19-37)22-12-9-8-10-13-22/h8-10,12-17,20-21,25-28,37H,6-7,11,18-19H2,1-5H3,(H,34,39)(H,35,38)/t20?,21?,25-,26-,27+,28?,32+,33?/m1/s1. The number of benzene rings is 2. The lowest BCUT2D eigenvalue weighted by Gasteiger charge is -2.37. The van der Waals surface area contributed by atoms with E-state index in [1.54, 1.807) is 24.3 Å². The summed E-state index contributed by atoms with van der Waals surface area (Å²) in [6.07, 6.45) is 2.13. The van der Waals surface area contributed by atoms with E-state index in [-0.39, 0.29) is 36.3 Å². The maximum absolute atomic E-state index is 14.6. The fourth-order valence-electron chi connectivity index (χ4n) is 7.59. The quantitative estimate of drug-likeness (QED) is 0.371. The molecular formula is C33H43N3O6. The van der Waals surface area contributed by atoms with Crippen LogP contribution in [-0.2, 0) is 19.1 Å². The number of rotatable bonds is 11. The molecule has 3 N–H and O–H groups in total. The number of aliphatic hydroxyl groups excluding tert-OH is 1. The molecule has 0 aromatic heterocycles. The number of ether oxygens (including phenoxy) is 2. The van der Waals surface area contributed by atoms with Gasteiger partial charge in [-0.15, -0.1) is 0 Å². The number of carbonyl (C=O) groups is 3. The molecule has 2 bridgehead atoms. The van der Waals surface area contributed by atoms with Crippen molar-refractivity contribution in [3.63, 3.8) is 0 Å². The minimum atomic E-state index is -1.20. The van der Waals surface area contributed by atoms with E-state index in [0.717, 1.165) is 12.8 Å². The van der Waals surface area contributed by atoms with Gasteiger partial charge in [0.1, 0.15) is 17.4 Å². The maximum Gasteiger partial charge on any atom is 0.246 e. The Morgan fingerprint density at radius 3 is 2.43 bits per heavy atom. The lowest BCUT2D eigenvalue weighted by atomic mass is 9.62. The van der Waals surface area contributed by atoms with E-state index < -0.39 is 35.1 Å². The van der Waals surface area contributed by atoms with Crippen molar-refractivity contribution < 1.29 is 29.0 Å². The molecule has 5 rings (SSSR count). The Bertz CT molecular complexity index is 1300. The van der Waals surface area contributed by atoms with E-state index >= 15 is 0 Å². The number of hydrogen-bond donors (Lipinski definition) is 3. The van der Waals surface area contributed by atoms with Crippen molar-refractivity contribution in [2.24, 2.45) is 17.8 Å². The van der Waals surface area contributed by atoms with Crippen LogP contribution in [0.2, 0.25) is 0 Å². The van der Waals surface area contributed by atoms with Crippen LogP contribution in [0.4, 0.5) is 5.69 Å². The van der Waals surface area contributed by atoms with Crippen LogP contribution in [-0.4, -0.2) is 64.2 Å². The second-order valence-electron chi connectivity index (χ2n) is 12.2. The number of nitrogens with one attached hydrogen (secondary N) is 2. The number of aliphatic hydroxyl groups is 1. The van der Waals surface area contributed by atoms with Crippen LogP contribution in [0.5, 0.6) is 5.75 Å². The van der Waals surface area contributed by atoms with E-state index in [0.29, 0.717) is 30.0 Å². The summed E-state index contributed by atoms with van der Waals surface area (Å²) in [5, 5.41) is 16.7. The second-order valence-corrected chi connectivity index (χ2v) is 12.2. The highest BCUT2D eigenvalue weighted by Crippen LogP contribution is 2.66. The predicted octanol–water partition coefficient (Wildman–Crippen LogP) is 4.07. The number of fused-ring (bicyclic) bond motifs is 1. The van der Waals surface area contributed by atoms with Crippen molar-refractivity contribution in [3.8, 4) is 5.75 Å². The van der Waals surface area contributed by atoms with Gasteiger partial charge in [0.25, 0.3) is 0 Å². The Morgan fingerprint density at radius 2 is 1.81 bits per heavy atom. The molecule has 0 saturated carbocycles. The van der Waals surface area contributed by atoms with Gasteiger partial charge < -0.3 is 30.1 Å². The first-order valence-corrected chi connectivity index (χ1v) is 15.1. The minimum Gasteiger partial charge on any atom is -0.494 e. The van der Waals surface area contributed by atoms with Crippen LogP contribution in [0.3, 0.4) is 0 Å². The summed E-state index contributed by atoms with van der Waals surface area (Å²) in [6, 6.07) is 14.5. The molecule has 3 aliphatic heterocycles. The van der Waals surface area contributed by atoms with Gasteiger partial charge in [0.15, 0.2) is 0 Å². The molecule has 42 heavy (non-hydrogen) atoms. The summed E-state index contributed by atoms with van der Waals surface area (Å²) in [5.41, 5.74) is -0.853. The first kappa shape index (κ1) is 30.0. The molecule has 3 fully saturated rings. The average molecular weight is 578 g/mol. The van der Waals surface area contributed by atoms with Crippen LogP contribution >= 0.6 is 0 Å². The topological polar surface area (TPSA) is 117 Å². The third-order valence-corrected chi connectivity index (χ3v) is 9.52. The Morgan fingerprint density at radius 1 is 1.12 bits per heavy atom. The van der Waals surface area contributed by atoms with Gasteiger partial charge in [-0.3, -0.25) is 14.4 Å². The molecule has 4 unspecified atom stereocenters. The number of likely N-dealkylation sites (tertiary alicyclic amines) is 1. The first-order valence-electron chi connectivity index (χ1n) is 15.1. The highest BCUT2D eigenvalue weighted by molar-refractivity contribution is 6.02. The summed E-state index contributed by atoms with van der Waals surface area (Å²) in [6.45, 7) is 9.97. The molecule has 0 radical (unpaired) electrons. The van der Waals surface area contributed by atoms with Gasteiger partial charge >= 0.3 is 0 Å². The van der Waals surface area contributed by atoms with Gasteiger partial charge in [0.2, 0.25) is 17.7 Å². The largest absolute Gasteiger partial charge is 0.494 e. The van der Waals surface area contributed by atoms with E-state index in [2.05, 4.69) is 17.6 Å². The fraction of sp³-hybridized carbons (Fsp3) is 0.545. The normalized spacial score (nSPS) is 31.0. The van der Waals surface area contributed by atoms with E-state index in [9.17, 15) is 19.5 Å². The van der Waals surface area contributed by atoms with Crippen LogP contribution in [0, 0.1) is 17.8 Å². The lowest BCUT2D eigenvalue weighted by molar-refractivity contribution is -0.150. The van der Waals surface area contributed by atoms with Crippen molar-refractivity contribution >= 4 is 23.4 Å². The molecule has 0 aliphatic carbocycles. The predicted molar refractivity (Wildman–Crippen MR) is 159 cm³/mol.